The quantitative estimate of drug-likeness (QED) is 0.781. The molecule has 0 radical (unpaired) electrons. The summed E-state index contributed by atoms with van der Waals surface area (Å²) >= 11 is 1.72. The Labute approximate surface area is 124 Å². The van der Waals surface area contributed by atoms with Crippen molar-refractivity contribution in [2.45, 2.75) is 18.9 Å². The zero-order valence-electron chi connectivity index (χ0n) is 11.7. The summed E-state index contributed by atoms with van der Waals surface area (Å²) in [6.07, 6.45) is 3.88. The Kier molecular flexibility index (Phi) is 5.76. The van der Waals surface area contributed by atoms with E-state index in [-0.39, 0.29) is 18.6 Å². The number of carbonyl (C=O) groups is 1. The van der Waals surface area contributed by atoms with Crippen LogP contribution in [-0.4, -0.2) is 53.6 Å². The number of hydrogen-bond acceptors (Lipinski definition) is 4. The summed E-state index contributed by atoms with van der Waals surface area (Å²) in [5, 5.41) is 11.1. The van der Waals surface area contributed by atoms with Gasteiger partial charge in [0.25, 0.3) is 0 Å². The lowest BCUT2D eigenvalue weighted by Crippen LogP contribution is -2.41. The fourth-order valence-electron chi connectivity index (χ4n) is 2.68. The molecule has 1 aliphatic rings. The zero-order chi connectivity index (χ0) is 14.4. The van der Waals surface area contributed by atoms with Crippen LogP contribution in [0.3, 0.4) is 0 Å². The Balaban J connectivity index is 1.98. The summed E-state index contributed by atoms with van der Waals surface area (Å²) in [6.45, 7) is 6.09. The number of rotatable bonds is 7. The molecule has 0 saturated carbocycles. The van der Waals surface area contributed by atoms with E-state index in [1.54, 1.807) is 17.4 Å². The van der Waals surface area contributed by atoms with Crippen LogP contribution in [0.2, 0.25) is 0 Å². The molecule has 1 aromatic heterocycles. The van der Waals surface area contributed by atoms with Crippen molar-refractivity contribution in [3.05, 3.63) is 35.0 Å². The van der Waals surface area contributed by atoms with Gasteiger partial charge in [0.05, 0.1) is 19.2 Å². The molecule has 5 heteroatoms. The number of aliphatic hydroxyl groups is 1. The maximum atomic E-state index is 12.5. The van der Waals surface area contributed by atoms with Crippen LogP contribution in [0.15, 0.2) is 30.2 Å². The Bertz CT molecular complexity index is 433. The van der Waals surface area contributed by atoms with Crippen molar-refractivity contribution in [2.75, 3.05) is 32.8 Å². The van der Waals surface area contributed by atoms with E-state index in [2.05, 4.69) is 18.0 Å². The lowest BCUT2D eigenvalue weighted by Gasteiger charge is -2.27. The highest BCUT2D eigenvalue weighted by Crippen LogP contribution is 2.34. The third-order valence-corrected chi connectivity index (χ3v) is 4.58. The minimum atomic E-state index is 0.0650. The molecule has 1 atom stereocenters. The van der Waals surface area contributed by atoms with Gasteiger partial charge < -0.3 is 10.0 Å². The van der Waals surface area contributed by atoms with Gasteiger partial charge in [0.15, 0.2) is 0 Å². The first-order valence-corrected chi connectivity index (χ1v) is 7.91. The number of aliphatic hydroxyl groups excluding tert-OH is 1. The normalized spacial score (nSPS) is 18.7. The van der Waals surface area contributed by atoms with Gasteiger partial charge in [-0.1, -0.05) is 12.1 Å². The van der Waals surface area contributed by atoms with Gasteiger partial charge in [0, 0.05) is 24.5 Å². The first-order valence-electron chi connectivity index (χ1n) is 7.03. The molecule has 110 valence electrons. The first-order chi connectivity index (χ1) is 9.76. The minimum Gasteiger partial charge on any atom is -0.395 e. The van der Waals surface area contributed by atoms with E-state index in [4.69, 9.17) is 5.11 Å². The van der Waals surface area contributed by atoms with Crippen molar-refractivity contribution >= 4 is 17.2 Å². The lowest BCUT2D eigenvalue weighted by atomic mass is 10.2. The summed E-state index contributed by atoms with van der Waals surface area (Å²) < 4.78 is 0. The van der Waals surface area contributed by atoms with E-state index in [9.17, 15) is 4.79 Å². The van der Waals surface area contributed by atoms with Crippen molar-refractivity contribution < 1.29 is 9.90 Å². The molecule has 0 aromatic carbocycles. The third-order valence-electron chi connectivity index (χ3n) is 3.61. The average molecular weight is 294 g/mol. The molecule has 0 spiro atoms. The topological polar surface area (TPSA) is 43.8 Å². The molecule has 1 aliphatic heterocycles. The highest BCUT2D eigenvalue weighted by atomic mass is 32.1. The molecule has 1 amide bonds. The molecule has 2 rings (SSSR count). The molecule has 1 fully saturated rings. The number of likely N-dealkylation sites (tertiary alicyclic amines) is 1. The van der Waals surface area contributed by atoms with Crippen molar-refractivity contribution in [1.82, 2.24) is 9.80 Å². The predicted molar refractivity (Wildman–Crippen MR) is 81.7 cm³/mol. The van der Waals surface area contributed by atoms with Crippen molar-refractivity contribution in [3.63, 3.8) is 0 Å². The van der Waals surface area contributed by atoms with Gasteiger partial charge in [-0.3, -0.25) is 9.69 Å². The average Bonchev–Trinajstić information content (AvgIpc) is 3.10. The molecule has 2 heterocycles. The minimum absolute atomic E-state index is 0.0650. The zero-order valence-corrected chi connectivity index (χ0v) is 12.5. The van der Waals surface area contributed by atoms with Gasteiger partial charge >= 0.3 is 0 Å². The fraction of sp³-hybridized carbons (Fsp3) is 0.533. The number of thiophene rings is 1. The van der Waals surface area contributed by atoms with E-state index in [1.165, 1.54) is 4.88 Å². The van der Waals surface area contributed by atoms with Crippen LogP contribution < -0.4 is 0 Å². The summed E-state index contributed by atoms with van der Waals surface area (Å²) in [7, 11) is 0. The molecule has 20 heavy (non-hydrogen) atoms. The number of carbonyl (C=O) groups excluding carboxylic acids is 1. The van der Waals surface area contributed by atoms with Crippen LogP contribution in [0.4, 0.5) is 0 Å². The number of amides is 1. The Hall–Kier alpha value is -1.17. The molecular formula is C15H22N2O2S. The maximum Gasteiger partial charge on any atom is 0.237 e. The van der Waals surface area contributed by atoms with E-state index in [1.807, 2.05) is 15.9 Å². The summed E-state index contributed by atoms with van der Waals surface area (Å²) in [5.41, 5.74) is 0. The highest BCUT2D eigenvalue weighted by Gasteiger charge is 2.30. The van der Waals surface area contributed by atoms with Gasteiger partial charge in [0.1, 0.15) is 0 Å². The predicted octanol–water partition coefficient (Wildman–Crippen LogP) is 1.89. The smallest absolute Gasteiger partial charge is 0.237 e. The van der Waals surface area contributed by atoms with Crippen molar-refractivity contribution in [1.29, 1.82) is 0 Å². The second kappa shape index (κ2) is 7.57. The van der Waals surface area contributed by atoms with Gasteiger partial charge in [-0.15, -0.1) is 17.9 Å². The summed E-state index contributed by atoms with van der Waals surface area (Å²) in [6, 6.07) is 4.38. The molecule has 1 N–H and O–H groups in total. The Morgan fingerprint density at radius 2 is 2.50 bits per heavy atom. The fourth-order valence-corrected chi connectivity index (χ4v) is 3.56. The molecule has 4 nitrogen and oxygen atoms in total. The van der Waals surface area contributed by atoms with E-state index < -0.39 is 0 Å². The molecule has 1 aromatic rings. The Morgan fingerprint density at radius 1 is 1.65 bits per heavy atom. The van der Waals surface area contributed by atoms with E-state index in [0.717, 1.165) is 19.4 Å². The highest BCUT2D eigenvalue weighted by molar-refractivity contribution is 7.10. The SMILES string of the molecule is C=CCN(CCO)CC(=O)N1CCCC1c1cccs1. The standard InChI is InChI=1S/C15H22N2O2S/c1-2-7-16(9-10-18)12-15(19)17-8-3-5-13(17)14-6-4-11-20-14/h2,4,6,11,13,18H,1,3,5,7-10,12H2. The van der Waals surface area contributed by atoms with Crippen LogP contribution in [0, 0.1) is 0 Å². The first kappa shape index (κ1) is 15.2. The summed E-state index contributed by atoms with van der Waals surface area (Å²) in [5.74, 6) is 0.149. The number of nitrogens with zero attached hydrogens (tertiary/aromatic N) is 2. The van der Waals surface area contributed by atoms with Crippen molar-refractivity contribution in [2.24, 2.45) is 0 Å². The van der Waals surface area contributed by atoms with Crippen LogP contribution >= 0.6 is 11.3 Å². The second-order valence-electron chi connectivity index (χ2n) is 5.01. The third kappa shape index (κ3) is 3.69. The van der Waals surface area contributed by atoms with Crippen LogP contribution in [0.25, 0.3) is 0 Å². The van der Waals surface area contributed by atoms with E-state index >= 15 is 0 Å². The van der Waals surface area contributed by atoms with Crippen LogP contribution in [-0.2, 0) is 4.79 Å². The van der Waals surface area contributed by atoms with E-state index in [0.29, 0.717) is 19.6 Å². The van der Waals surface area contributed by atoms with Crippen LogP contribution in [0.1, 0.15) is 23.8 Å². The summed E-state index contributed by atoms with van der Waals surface area (Å²) in [4.78, 5) is 17.7. The molecule has 0 bridgehead atoms. The van der Waals surface area contributed by atoms with Crippen LogP contribution in [0.5, 0.6) is 0 Å². The molecule has 1 saturated heterocycles. The van der Waals surface area contributed by atoms with Gasteiger partial charge in [-0.05, 0) is 24.3 Å². The maximum absolute atomic E-state index is 12.5. The number of hydrogen-bond donors (Lipinski definition) is 1. The Morgan fingerprint density at radius 3 is 3.15 bits per heavy atom. The van der Waals surface area contributed by atoms with Gasteiger partial charge in [0.2, 0.25) is 5.91 Å². The molecular weight excluding hydrogens is 272 g/mol. The monoisotopic (exact) mass is 294 g/mol. The van der Waals surface area contributed by atoms with Gasteiger partial charge in [-0.2, -0.15) is 0 Å². The van der Waals surface area contributed by atoms with Crippen molar-refractivity contribution in [3.8, 4) is 0 Å². The lowest BCUT2D eigenvalue weighted by molar-refractivity contribution is -0.133. The second-order valence-corrected chi connectivity index (χ2v) is 5.99. The largest absolute Gasteiger partial charge is 0.395 e. The molecule has 1 unspecified atom stereocenters. The van der Waals surface area contributed by atoms with Gasteiger partial charge in [-0.25, -0.2) is 0 Å². The molecule has 0 aliphatic carbocycles.